The number of rotatable bonds is 6. The van der Waals surface area contributed by atoms with Crippen LogP contribution >= 0.6 is 11.8 Å². The van der Waals surface area contributed by atoms with Gasteiger partial charge in [0.15, 0.2) is 0 Å². The molecule has 0 aromatic carbocycles. The Morgan fingerprint density at radius 3 is 3.00 bits per heavy atom. The molecule has 0 spiro atoms. The highest BCUT2D eigenvalue weighted by Crippen LogP contribution is 2.21. The van der Waals surface area contributed by atoms with Crippen molar-refractivity contribution in [2.75, 3.05) is 13.7 Å². The molecule has 0 fully saturated rings. The Hall–Kier alpha value is -0.940. The van der Waals surface area contributed by atoms with Crippen molar-refractivity contribution in [3.05, 3.63) is 23.7 Å². The van der Waals surface area contributed by atoms with Crippen LogP contribution in [0, 0.1) is 0 Å². The highest BCUT2D eigenvalue weighted by atomic mass is 32.2. The second kappa shape index (κ2) is 6.60. The minimum Gasteiger partial charge on any atom is -0.463 e. The van der Waals surface area contributed by atoms with Gasteiger partial charge in [0.2, 0.25) is 5.76 Å². The summed E-state index contributed by atoms with van der Waals surface area (Å²) in [6.07, 6.45) is 0.759. The predicted molar refractivity (Wildman–Crippen MR) is 62.5 cm³/mol. The molecule has 0 radical (unpaired) electrons. The van der Waals surface area contributed by atoms with Crippen LogP contribution in [0.4, 0.5) is 0 Å². The molecule has 0 saturated carbocycles. The third kappa shape index (κ3) is 3.90. The van der Waals surface area contributed by atoms with Crippen molar-refractivity contribution in [1.82, 2.24) is 0 Å². The first kappa shape index (κ1) is 13.1. The number of carbonyl (C=O) groups excluding carboxylic acids is 1. The Morgan fingerprint density at radius 1 is 1.62 bits per heavy atom. The monoisotopic (exact) mass is 244 g/mol. The Bertz CT molecular complexity index is 334. The molecule has 1 unspecified atom stereocenters. The topological polar surface area (TPSA) is 59.7 Å². The van der Waals surface area contributed by atoms with Gasteiger partial charge in [0.05, 0.1) is 12.9 Å². The van der Waals surface area contributed by atoms with Crippen molar-refractivity contribution in [1.29, 1.82) is 0 Å². The molecule has 1 rings (SSSR count). The van der Waals surface area contributed by atoms with Crippen LogP contribution in [0.3, 0.4) is 0 Å². The summed E-state index contributed by atoms with van der Waals surface area (Å²) in [6, 6.07) is 3.38. The van der Waals surface area contributed by atoms with Gasteiger partial charge in [0.1, 0.15) is 5.76 Å². The minimum absolute atomic E-state index is 0.194. The van der Waals surface area contributed by atoms with E-state index in [2.05, 4.69) is 4.74 Å². The Kier molecular flexibility index (Phi) is 5.42. The highest BCUT2D eigenvalue weighted by molar-refractivity contribution is 7.99. The smallest absolute Gasteiger partial charge is 0.373 e. The standard InChI is InChI=1S/C11H16O4S/c1-8(5-6-12)16-7-9-3-4-10(15-9)11(13)14-2/h3-4,8,12H,5-7H2,1-2H3. The second-order valence-corrected chi connectivity index (χ2v) is 4.82. The summed E-state index contributed by atoms with van der Waals surface area (Å²) < 4.78 is 9.85. The van der Waals surface area contributed by atoms with Gasteiger partial charge < -0.3 is 14.3 Å². The average Bonchev–Trinajstić information content (AvgIpc) is 2.74. The van der Waals surface area contributed by atoms with Gasteiger partial charge in [-0.1, -0.05) is 6.92 Å². The molecular weight excluding hydrogens is 228 g/mol. The molecular formula is C11H16O4S. The van der Waals surface area contributed by atoms with Crippen LogP contribution in [0.1, 0.15) is 29.7 Å². The fourth-order valence-electron chi connectivity index (χ4n) is 1.16. The van der Waals surface area contributed by atoms with E-state index in [0.717, 1.165) is 12.2 Å². The van der Waals surface area contributed by atoms with E-state index in [1.54, 1.807) is 23.9 Å². The van der Waals surface area contributed by atoms with E-state index in [9.17, 15) is 4.79 Å². The summed E-state index contributed by atoms with van der Waals surface area (Å²) in [5.41, 5.74) is 0. The summed E-state index contributed by atoms with van der Waals surface area (Å²) in [4.78, 5) is 11.1. The summed E-state index contributed by atoms with van der Waals surface area (Å²) in [7, 11) is 1.32. The van der Waals surface area contributed by atoms with Gasteiger partial charge in [0, 0.05) is 11.9 Å². The van der Waals surface area contributed by atoms with E-state index in [4.69, 9.17) is 9.52 Å². The van der Waals surface area contributed by atoms with Gasteiger partial charge in [-0.25, -0.2) is 4.79 Å². The van der Waals surface area contributed by atoms with Crippen molar-refractivity contribution in [2.45, 2.75) is 24.3 Å². The number of furan rings is 1. The normalized spacial score (nSPS) is 12.4. The molecule has 0 aliphatic rings. The van der Waals surface area contributed by atoms with Crippen molar-refractivity contribution >= 4 is 17.7 Å². The largest absolute Gasteiger partial charge is 0.463 e. The van der Waals surface area contributed by atoms with Gasteiger partial charge in [-0.2, -0.15) is 11.8 Å². The number of esters is 1. The summed E-state index contributed by atoms with van der Waals surface area (Å²) in [5, 5.41) is 9.12. The molecule has 0 amide bonds. The maximum Gasteiger partial charge on any atom is 0.373 e. The third-order valence-electron chi connectivity index (χ3n) is 2.09. The summed E-state index contributed by atoms with van der Waals surface area (Å²) in [6.45, 7) is 2.24. The van der Waals surface area contributed by atoms with E-state index < -0.39 is 5.97 Å². The van der Waals surface area contributed by atoms with Crippen LogP contribution in [-0.4, -0.2) is 30.0 Å². The zero-order valence-corrected chi connectivity index (χ0v) is 10.3. The van der Waals surface area contributed by atoms with Crippen molar-refractivity contribution in [3.63, 3.8) is 0 Å². The molecule has 1 N–H and O–H groups in total. The number of thioether (sulfide) groups is 1. The number of ether oxygens (including phenoxy) is 1. The fraction of sp³-hybridized carbons (Fsp3) is 0.545. The maximum absolute atomic E-state index is 11.1. The predicted octanol–water partition coefficient (Wildman–Crippen LogP) is 2.07. The third-order valence-corrected chi connectivity index (χ3v) is 3.35. The Labute approximate surface area is 99.0 Å². The van der Waals surface area contributed by atoms with Gasteiger partial charge >= 0.3 is 5.97 Å². The summed E-state index contributed by atoms with van der Waals surface area (Å²) in [5.74, 6) is 1.21. The van der Waals surface area contributed by atoms with Crippen molar-refractivity contribution in [3.8, 4) is 0 Å². The Balaban J connectivity index is 2.43. The molecule has 90 valence electrons. The molecule has 1 aromatic heterocycles. The molecule has 5 heteroatoms. The lowest BCUT2D eigenvalue weighted by molar-refractivity contribution is 0.0563. The quantitative estimate of drug-likeness (QED) is 0.776. The van der Waals surface area contributed by atoms with Crippen molar-refractivity contribution < 1.29 is 19.1 Å². The summed E-state index contributed by atoms with van der Waals surface area (Å²) >= 11 is 1.68. The van der Waals surface area contributed by atoms with Crippen LogP contribution < -0.4 is 0 Å². The van der Waals surface area contributed by atoms with E-state index in [1.807, 2.05) is 6.92 Å². The Morgan fingerprint density at radius 2 is 2.38 bits per heavy atom. The molecule has 0 aliphatic heterocycles. The number of aliphatic hydroxyl groups is 1. The highest BCUT2D eigenvalue weighted by Gasteiger charge is 2.11. The molecule has 0 aliphatic carbocycles. The van der Waals surface area contributed by atoms with Gasteiger partial charge in [0.25, 0.3) is 0 Å². The lowest BCUT2D eigenvalue weighted by atomic mass is 10.3. The SMILES string of the molecule is COC(=O)c1ccc(CSC(C)CCO)o1. The lowest BCUT2D eigenvalue weighted by Crippen LogP contribution is -2.00. The minimum atomic E-state index is -0.459. The first-order valence-electron chi connectivity index (χ1n) is 5.07. The fourth-order valence-corrected chi connectivity index (χ4v) is 2.03. The molecule has 1 atom stereocenters. The zero-order valence-electron chi connectivity index (χ0n) is 9.43. The van der Waals surface area contributed by atoms with Gasteiger partial charge in [-0.15, -0.1) is 0 Å². The van der Waals surface area contributed by atoms with Crippen LogP contribution in [0.25, 0.3) is 0 Å². The van der Waals surface area contributed by atoms with Crippen molar-refractivity contribution in [2.24, 2.45) is 0 Å². The molecule has 16 heavy (non-hydrogen) atoms. The zero-order chi connectivity index (χ0) is 12.0. The molecule has 0 bridgehead atoms. The molecule has 4 nitrogen and oxygen atoms in total. The lowest BCUT2D eigenvalue weighted by Gasteiger charge is -2.07. The van der Waals surface area contributed by atoms with Crippen LogP contribution in [-0.2, 0) is 10.5 Å². The first-order valence-corrected chi connectivity index (χ1v) is 6.11. The first-order chi connectivity index (χ1) is 7.67. The molecule has 1 heterocycles. The van der Waals surface area contributed by atoms with E-state index >= 15 is 0 Å². The van der Waals surface area contributed by atoms with Crippen LogP contribution in [0.2, 0.25) is 0 Å². The van der Waals surface area contributed by atoms with Gasteiger partial charge in [-0.05, 0) is 18.6 Å². The number of carbonyl (C=O) groups is 1. The number of aliphatic hydroxyl groups excluding tert-OH is 1. The molecule has 1 aromatic rings. The van der Waals surface area contributed by atoms with Crippen LogP contribution in [0.15, 0.2) is 16.5 Å². The number of methoxy groups -OCH3 is 1. The van der Waals surface area contributed by atoms with Gasteiger partial charge in [-0.3, -0.25) is 0 Å². The van der Waals surface area contributed by atoms with E-state index in [1.165, 1.54) is 7.11 Å². The van der Waals surface area contributed by atoms with E-state index in [0.29, 0.717) is 11.0 Å². The number of hydrogen-bond acceptors (Lipinski definition) is 5. The number of hydrogen-bond donors (Lipinski definition) is 1. The maximum atomic E-state index is 11.1. The second-order valence-electron chi connectivity index (χ2n) is 3.39. The van der Waals surface area contributed by atoms with Crippen LogP contribution in [0.5, 0.6) is 0 Å². The molecule has 0 saturated heterocycles. The van der Waals surface area contributed by atoms with E-state index in [-0.39, 0.29) is 12.4 Å². The average molecular weight is 244 g/mol.